The van der Waals surface area contributed by atoms with Gasteiger partial charge >= 0.3 is 0 Å². The third-order valence-corrected chi connectivity index (χ3v) is 4.19. The number of rotatable bonds is 4. The summed E-state index contributed by atoms with van der Waals surface area (Å²) in [6.07, 6.45) is 2.19. The quantitative estimate of drug-likeness (QED) is 0.927. The molecular formula is C19H22N4O2. The maximum Gasteiger partial charge on any atom is 0.249 e. The van der Waals surface area contributed by atoms with Crippen molar-refractivity contribution in [3.8, 4) is 0 Å². The molecule has 1 aliphatic rings. The van der Waals surface area contributed by atoms with Crippen LogP contribution in [0.3, 0.4) is 0 Å². The van der Waals surface area contributed by atoms with E-state index in [-0.39, 0.29) is 11.8 Å². The van der Waals surface area contributed by atoms with Gasteiger partial charge < -0.3 is 10.2 Å². The summed E-state index contributed by atoms with van der Waals surface area (Å²) in [5.41, 5.74) is 2.88. The molecule has 0 fully saturated rings. The van der Waals surface area contributed by atoms with Gasteiger partial charge in [0.1, 0.15) is 11.9 Å². The average Bonchev–Trinajstić information content (AvgIpc) is 2.94. The zero-order chi connectivity index (χ0) is 18.0. The van der Waals surface area contributed by atoms with Crippen LogP contribution >= 0.6 is 0 Å². The van der Waals surface area contributed by atoms with Gasteiger partial charge in [0.25, 0.3) is 0 Å². The van der Waals surface area contributed by atoms with Crippen molar-refractivity contribution in [3.05, 3.63) is 53.7 Å². The lowest BCUT2D eigenvalue weighted by atomic mass is 10.1. The largest absolute Gasteiger partial charge is 0.309 e. The van der Waals surface area contributed by atoms with E-state index in [0.29, 0.717) is 12.2 Å². The zero-order valence-electron chi connectivity index (χ0n) is 14.7. The summed E-state index contributed by atoms with van der Waals surface area (Å²) in [6, 6.07) is 10.9. The molecule has 25 heavy (non-hydrogen) atoms. The van der Waals surface area contributed by atoms with Gasteiger partial charge in [0.2, 0.25) is 11.8 Å². The lowest BCUT2D eigenvalue weighted by Crippen LogP contribution is -2.44. The van der Waals surface area contributed by atoms with E-state index in [1.165, 1.54) is 6.92 Å². The number of carbonyl (C=O) groups is 2. The molecule has 0 saturated heterocycles. The minimum Gasteiger partial charge on any atom is -0.309 e. The van der Waals surface area contributed by atoms with E-state index in [9.17, 15) is 9.59 Å². The van der Waals surface area contributed by atoms with E-state index in [1.807, 2.05) is 55.4 Å². The van der Waals surface area contributed by atoms with Crippen molar-refractivity contribution in [1.29, 1.82) is 0 Å². The third-order valence-electron chi connectivity index (χ3n) is 4.19. The zero-order valence-corrected chi connectivity index (χ0v) is 14.7. The number of benzene rings is 1. The van der Waals surface area contributed by atoms with Gasteiger partial charge in [-0.2, -0.15) is 0 Å². The maximum atomic E-state index is 12.8. The molecule has 2 heterocycles. The molecule has 6 nitrogen and oxygen atoms in total. The molecule has 1 N–H and O–H groups in total. The highest BCUT2D eigenvalue weighted by Crippen LogP contribution is 2.32. The first-order valence-corrected chi connectivity index (χ1v) is 8.24. The molecule has 1 aromatic heterocycles. The van der Waals surface area contributed by atoms with Crippen LogP contribution in [0.1, 0.15) is 18.1 Å². The van der Waals surface area contributed by atoms with Crippen molar-refractivity contribution in [2.24, 2.45) is 0 Å². The van der Waals surface area contributed by atoms with Crippen LogP contribution in [0.4, 0.5) is 11.5 Å². The van der Waals surface area contributed by atoms with Gasteiger partial charge in [-0.25, -0.2) is 4.98 Å². The number of nitrogens with zero attached hydrogens (tertiary/aromatic N) is 3. The minimum absolute atomic E-state index is 0.139. The minimum atomic E-state index is -0.547. The number of carbonyl (C=O) groups excluding carboxylic acids is 2. The molecule has 2 amide bonds. The van der Waals surface area contributed by atoms with Crippen molar-refractivity contribution in [2.75, 3.05) is 24.3 Å². The van der Waals surface area contributed by atoms with Crippen LogP contribution in [0.15, 0.2) is 42.6 Å². The van der Waals surface area contributed by atoms with E-state index in [4.69, 9.17) is 0 Å². The van der Waals surface area contributed by atoms with Gasteiger partial charge in [0, 0.05) is 31.8 Å². The second kappa shape index (κ2) is 7.03. The fraction of sp³-hybridized carbons (Fsp3) is 0.316. The van der Waals surface area contributed by atoms with Crippen LogP contribution in [-0.4, -0.2) is 41.8 Å². The van der Waals surface area contributed by atoms with Crippen LogP contribution in [0.25, 0.3) is 0 Å². The van der Waals surface area contributed by atoms with Crippen LogP contribution < -0.4 is 10.2 Å². The standard InChI is InChI=1S/C19H22N4O2/c1-13(24)23-16-7-5-4-6-15(16)11-17(23)19(25)21-18-10-14(8-9-20-18)12-22(2)3/h4-10,17H,11-12H2,1-3H3,(H,20,21,25)/t17-/m0/s1. The molecule has 0 radical (unpaired) electrons. The summed E-state index contributed by atoms with van der Waals surface area (Å²) in [6.45, 7) is 2.25. The SMILES string of the molecule is CC(=O)N1c2ccccc2C[C@H]1C(=O)Nc1cc(CN(C)C)ccn1. The molecule has 6 heteroatoms. The predicted molar refractivity (Wildman–Crippen MR) is 97.4 cm³/mol. The molecule has 0 spiro atoms. The molecule has 0 unspecified atom stereocenters. The second-order valence-electron chi connectivity index (χ2n) is 6.51. The molecule has 1 aliphatic heterocycles. The summed E-state index contributed by atoms with van der Waals surface area (Å²) in [5.74, 6) is 0.143. The highest BCUT2D eigenvalue weighted by atomic mass is 16.2. The van der Waals surface area contributed by atoms with E-state index in [2.05, 4.69) is 10.3 Å². The van der Waals surface area contributed by atoms with Gasteiger partial charge in [-0.3, -0.25) is 14.5 Å². The number of aromatic nitrogens is 1. The second-order valence-corrected chi connectivity index (χ2v) is 6.51. The van der Waals surface area contributed by atoms with Crippen LogP contribution in [0.5, 0.6) is 0 Å². The molecule has 0 saturated carbocycles. The van der Waals surface area contributed by atoms with E-state index in [1.54, 1.807) is 11.1 Å². The predicted octanol–water partition coefficient (Wildman–Crippen LogP) is 2.06. The maximum absolute atomic E-state index is 12.8. The number of para-hydroxylation sites is 1. The topological polar surface area (TPSA) is 65.5 Å². The molecule has 1 aromatic carbocycles. The summed E-state index contributed by atoms with van der Waals surface area (Å²) in [7, 11) is 3.97. The van der Waals surface area contributed by atoms with E-state index < -0.39 is 6.04 Å². The first-order chi connectivity index (χ1) is 12.0. The molecule has 130 valence electrons. The summed E-state index contributed by atoms with van der Waals surface area (Å²) < 4.78 is 0. The lowest BCUT2D eigenvalue weighted by molar-refractivity contribution is -0.122. The Morgan fingerprint density at radius 2 is 2.04 bits per heavy atom. The van der Waals surface area contributed by atoms with Crippen LogP contribution in [-0.2, 0) is 22.6 Å². The first-order valence-electron chi connectivity index (χ1n) is 8.24. The van der Waals surface area contributed by atoms with Crippen molar-refractivity contribution >= 4 is 23.3 Å². The average molecular weight is 338 g/mol. The highest BCUT2D eigenvalue weighted by Gasteiger charge is 2.36. The van der Waals surface area contributed by atoms with Crippen LogP contribution in [0, 0.1) is 0 Å². The van der Waals surface area contributed by atoms with Gasteiger partial charge in [-0.1, -0.05) is 18.2 Å². The lowest BCUT2D eigenvalue weighted by Gasteiger charge is -2.23. The number of fused-ring (bicyclic) bond motifs is 1. The number of hydrogen-bond acceptors (Lipinski definition) is 4. The molecule has 2 aromatic rings. The number of nitrogens with one attached hydrogen (secondary N) is 1. The summed E-state index contributed by atoms with van der Waals surface area (Å²) in [4.78, 5) is 32.7. The first kappa shape index (κ1) is 17.1. The fourth-order valence-electron chi connectivity index (χ4n) is 3.20. The van der Waals surface area contributed by atoms with Crippen LogP contribution in [0.2, 0.25) is 0 Å². The van der Waals surface area contributed by atoms with Gasteiger partial charge in [0.15, 0.2) is 0 Å². The number of anilines is 2. The Labute approximate surface area is 147 Å². The normalized spacial score (nSPS) is 16.0. The molecule has 0 aliphatic carbocycles. The molecule has 0 bridgehead atoms. The van der Waals surface area contributed by atoms with Gasteiger partial charge in [-0.05, 0) is 43.4 Å². The molecular weight excluding hydrogens is 316 g/mol. The smallest absolute Gasteiger partial charge is 0.249 e. The third kappa shape index (κ3) is 3.69. The Balaban J connectivity index is 1.79. The van der Waals surface area contributed by atoms with Crippen molar-refractivity contribution in [1.82, 2.24) is 9.88 Å². The fourth-order valence-corrected chi connectivity index (χ4v) is 3.20. The van der Waals surface area contributed by atoms with Crippen molar-refractivity contribution in [2.45, 2.75) is 25.9 Å². The number of amides is 2. The van der Waals surface area contributed by atoms with E-state index >= 15 is 0 Å². The van der Waals surface area contributed by atoms with Gasteiger partial charge in [0.05, 0.1) is 0 Å². The summed E-state index contributed by atoms with van der Waals surface area (Å²) >= 11 is 0. The Bertz CT molecular complexity index is 804. The molecule has 1 atom stereocenters. The number of pyridine rings is 1. The Kier molecular flexibility index (Phi) is 4.81. The Morgan fingerprint density at radius 3 is 2.76 bits per heavy atom. The van der Waals surface area contributed by atoms with Crippen molar-refractivity contribution < 1.29 is 9.59 Å². The summed E-state index contributed by atoms with van der Waals surface area (Å²) in [5, 5.41) is 2.85. The monoisotopic (exact) mass is 338 g/mol. The highest BCUT2D eigenvalue weighted by molar-refractivity contribution is 6.06. The Hall–Kier alpha value is -2.73. The van der Waals surface area contributed by atoms with Crippen molar-refractivity contribution in [3.63, 3.8) is 0 Å². The van der Waals surface area contributed by atoms with Gasteiger partial charge in [-0.15, -0.1) is 0 Å². The number of hydrogen-bond donors (Lipinski definition) is 1. The molecule has 3 rings (SSSR count). The Morgan fingerprint density at radius 1 is 1.28 bits per heavy atom. The van der Waals surface area contributed by atoms with E-state index in [0.717, 1.165) is 23.4 Å².